The van der Waals surface area contributed by atoms with Gasteiger partial charge in [-0.1, -0.05) is 0 Å². The van der Waals surface area contributed by atoms with Crippen molar-refractivity contribution in [2.45, 2.75) is 24.3 Å². The molecule has 4 atom stereocenters. The second kappa shape index (κ2) is 4.30. The van der Waals surface area contributed by atoms with Crippen molar-refractivity contribution in [1.29, 1.82) is 0 Å². The van der Waals surface area contributed by atoms with Crippen LogP contribution in [-0.2, 0) is 9.47 Å². The van der Waals surface area contributed by atoms with E-state index in [0.717, 1.165) is 5.56 Å². The van der Waals surface area contributed by atoms with Crippen LogP contribution in [-0.4, -0.2) is 51.1 Å². The van der Waals surface area contributed by atoms with Gasteiger partial charge in [-0.25, -0.2) is 14.8 Å². The van der Waals surface area contributed by atoms with Crippen molar-refractivity contribution < 1.29 is 19.4 Å². The quantitative estimate of drug-likeness (QED) is 0.541. The minimum Gasteiger partial charge on any atom is -0.425 e. The summed E-state index contributed by atoms with van der Waals surface area (Å²) in [6.45, 7) is -0.159. The van der Waals surface area contributed by atoms with Crippen LogP contribution in [0.1, 0.15) is 11.6 Å². The van der Waals surface area contributed by atoms with Gasteiger partial charge in [0.25, 0.3) is 0 Å². The second-order valence-electron chi connectivity index (χ2n) is 5.07. The van der Waals surface area contributed by atoms with Gasteiger partial charge in [-0.3, -0.25) is 5.32 Å². The van der Waals surface area contributed by atoms with Crippen LogP contribution in [0.5, 0.6) is 0 Å². The molecule has 0 aliphatic carbocycles. The number of nitrogens with one attached hydrogen (secondary N) is 2. The van der Waals surface area contributed by atoms with Gasteiger partial charge in [0.1, 0.15) is 11.8 Å². The first kappa shape index (κ1) is 12.4. The Labute approximate surface area is 118 Å². The molecule has 2 aliphatic rings. The molecule has 0 saturated carbocycles. The molecule has 0 unspecified atom stereocenters. The molecule has 0 bridgehead atoms. The number of hydrogen-bond donors (Lipinski definition) is 4. The van der Waals surface area contributed by atoms with Gasteiger partial charge in [0.15, 0.2) is 18.0 Å². The lowest BCUT2D eigenvalue weighted by Gasteiger charge is -2.15. The first-order chi connectivity index (χ1) is 10.2. The van der Waals surface area contributed by atoms with Gasteiger partial charge in [-0.2, -0.15) is 0 Å². The zero-order valence-corrected chi connectivity index (χ0v) is 10.8. The standard InChI is InChI=1S/C12H13N5O4/c13-11-8-6(15-3-16-11)4(1-14-8)7-10-9(5(2-18)17-7)20-12(19)21-10/h1,3,5,7,9-10,14,17-18H,2H2,(H2,13,15,16)/t5-,7+,9-,10+/m1/s1. The largest absolute Gasteiger partial charge is 0.509 e. The highest BCUT2D eigenvalue weighted by molar-refractivity contribution is 5.87. The lowest BCUT2D eigenvalue weighted by atomic mass is 10.0. The van der Waals surface area contributed by atoms with E-state index in [1.807, 2.05) is 0 Å². The summed E-state index contributed by atoms with van der Waals surface area (Å²) >= 11 is 0. The Morgan fingerprint density at radius 2 is 2.14 bits per heavy atom. The summed E-state index contributed by atoms with van der Waals surface area (Å²) < 4.78 is 10.3. The van der Waals surface area contributed by atoms with Crippen molar-refractivity contribution in [2.75, 3.05) is 12.3 Å². The maximum Gasteiger partial charge on any atom is 0.509 e. The van der Waals surface area contributed by atoms with Gasteiger partial charge in [-0.15, -0.1) is 0 Å². The number of aromatic amines is 1. The number of carbonyl (C=O) groups excluding carboxylic acids is 1. The van der Waals surface area contributed by atoms with E-state index in [9.17, 15) is 9.90 Å². The van der Waals surface area contributed by atoms with Crippen LogP contribution < -0.4 is 11.1 Å². The van der Waals surface area contributed by atoms with E-state index in [-0.39, 0.29) is 18.7 Å². The molecule has 0 amide bonds. The van der Waals surface area contributed by atoms with Crippen LogP contribution in [0.2, 0.25) is 0 Å². The van der Waals surface area contributed by atoms with Gasteiger partial charge >= 0.3 is 6.16 Å². The number of fused-ring (bicyclic) bond motifs is 2. The molecule has 2 aromatic heterocycles. The highest BCUT2D eigenvalue weighted by Gasteiger charge is 2.53. The highest BCUT2D eigenvalue weighted by Crippen LogP contribution is 2.38. The summed E-state index contributed by atoms with van der Waals surface area (Å²) in [7, 11) is 0. The normalized spacial score (nSPS) is 31.2. The Morgan fingerprint density at radius 3 is 2.95 bits per heavy atom. The topological polar surface area (TPSA) is 135 Å². The van der Waals surface area contributed by atoms with E-state index < -0.39 is 18.4 Å². The number of rotatable bonds is 2. The number of aromatic nitrogens is 3. The van der Waals surface area contributed by atoms with Crippen molar-refractivity contribution in [2.24, 2.45) is 0 Å². The molecule has 4 heterocycles. The highest BCUT2D eigenvalue weighted by atomic mass is 16.8. The third-order valence-corrected chi connectivity index (χ3v) is 3.96. The molecule has 0 spiro atoms. The molecule has 2 fully saturated rings. The Bertz CT molecular complexity index is 717. The zero-order chi connectivity index (χ0) is 14.6. The van der Waals surface area contributed by atoms with Crippen molar-refractivity contribution in [3.05, 3.63) is 18.1 Å². The summed E-state index contributed by atoms with van der Waals surface area (Å²) in [6.07, 6.45) is 1.38. The van der Waals surface area contributed by atoms with E-state index >= 15 is 0 Å². The van der Waals surface area contributed by atoms with Crippen LogP contribution in [0.25, 0.3) is 11.0 Å². The van der Waals surface area contributed by atoms with E-state index in [1.54, 1.807) is 6.20 Å². The van der Waals surface area contributed by atoms with E-state index in [1.165, 1.54) is 6.33 Å². The number of aliphatic hydroxyl groups excluding tert-OH is 1. The van der Waals surface area contributed by atoms with Crippen LogP contribution in [0.4, 0.5) is 10.6 Å². The van der Waals surface area contributed by atoms with Gasteiger partial charge in [-0.05, 0) is 0 Å². The number of nitrogens with zero attached hydrogens (tertiary/aromatic N) is 2. The molecule has 2 saturated heterocycles. The minimum absolute atomic E-state index is 0.159. The lowest BCUT2D eigenvalue weighted by molar-refractivity contribution is 0.0919. The number of aliphatic hydroxyl groups is 1. The number of carbonyl (C=O) groups is 1. The van der Waals surface area contributed by atoms with E-state index in [4.69, 9.17) is 15.2 Å². The molecular formula is C12H13N5O4. The summed E-state index contributed by atoms with van der Waals surface area (Å²) in [5.41, 5.74) is 7.87. The molecule has 2 aliphatic heterocycles. The Hall–Kier alpha value is -2.39. The van der Waals surface area contributed by atoms with Gasteiger partial charge < -0.3 is 25.3 Å². The number of ether oxygens (including phenoxy) is 2. The fourth-order valence-electron chi connectivity index (χ4n) is 3.01. The average Bonchev–Trinajstić information content (AvgIpc) is 3.12. The Kier molecular flexibility index (Phi) is 2.53. The number of anilines is 1. The van der Waals surface area contributed by atoms with Crippen LogP contribution in [0, 0.1) is 0 Å². The average molecular weight is 291 g/mol. The first-order valence-electron chi connectivity index (χ1n) is 6.50. The predicted octanol–water partition coefficient (Wildman–Crippen LogP) is -0.551. The van der Waals surface area contributed by atoms with Crippen LogP contribution in [0.15, 0.2) is 12.5 Å². The number of nitrogens with two attached hydrogens (primary N) is 1. The molecule has 110 valence electrons. The molecule has 5 N–H and O–H groups in total. The molecule has 0 radical (unpaired) electrons. The molecular weight excluding hydrogens is 278 g/mol. The monoisotopic (exact) mass is 291 g/mol. The fourth-order valence-corrected chi connectivity index (χ4v) is 3.01. The third-order valence-electron chi connectivity index (χ3n) is 3.96. The Balaban J connectivity index is 1.78. The molecule has 2 aromatic rings. The number of hydrogen-bond acceptors (Lipinski definition) is 8. The smallest absolute Gasteiger partial charge is 0.425 e. The first-order valence-corrected chi connectivity index (χ1v) is 6.50. The lowest BCUT2D eigenvalue weighted by Crippen LogP contribution is -2.36. The summed E-state index contributed by atoms with van der Waals surface area (Å²) in [6, 6.07) is -0.711. The zero-order valence-electron chi connectivity index (χ0n) is 10.8. The molecule has 4 rings (SSSR count). The van der Waals surface area contributed by atoms with Gasteiger partial charge in [0.05, 0.1) is 24.2 Å². The van der Waals surface area contributed by atoms with Gasteiger partial charge in [0.2, 0.25) is 0 Å². The number of H-pyrrole nitrogens is 1. The molecule has 9 heteroatoms. The number of nitrogen functional groups attached to an aromatic ring is 1. The molecule has 21 heavy (non-hydrogen) atoms. The maximum absolute atomic E-state index is 11.3. The minimum atomic E-state index is -0.719. The maximum atomic E-state index is 11.3. The van der Waals surface area contributed by atoms with E-state index in [0.29, 0.717) is 16.9 Å². The van der Waals surface area contributed by atoms with Crippen molar-refractivity contribution in [1.82, 2.24) is 20.3 Å². The summed E-state index contributed by atoms with van der Waals surface area (Å²) in [5, 5.41) is 12.6. The van der Waals surface area contributed by atoms with Crippen LogP contribution in [0.3, 0.4) is 0 Å². The Morgan fingerprint density at radius 1 is 1.33 bits per heavy atom. The van der Waals surface area contributed by atoms with Gasteiger partial charge in [0, 0.05) is 11.8 Å². The van der Waals surface area contributed by atoms with E-state index in [2.05, 4.69) is 20.3 Å². The van der Waals surface area contributed by atoms with Crippen molar-refractivity contribution >= 4 is 23.0 Å². The molecule has 9 nitrogen and oxygen atoms in total. The van der Waals surface area contributed by atoms with Crippen LogP contribution >= 0.6 is 0 Å². The predicted molar refractivity (Wildman–Crippen MR) is 70.2 cm³/mol. The van der Waals surface area contributed by atoms with Crippen molar-refractivity contribution in [3.63, 3.8) is 0 Å². The summed E-state index contributed by atoms with van der Waals surface area (Å²) in [4.78, 5) is 22.5. The fraction of sp³-hybridized carbons (Fsp3) is 0.417. The summed E-state index contributed by atoms with van der Waals surface area (Å²) in [5.74, 6) is 0.346. The SMILES string of the molecule is Nc1ncnc2c([C@@H]3N[C@H](CO)[C@H]4OC(=O)O[C@H]43)c[nH]c12. The second-order valence-corrected chi connectivity index (χ2v) is 5.07. The third kappa shape index (κ3) is 1.68. The molecule has 0 aromatic carbocycles. The van der Waals surface area contributed by atoms with Crippen molar-refractivity contribution in [3.8, 4) is 0 Å².